The first-order valence-electron chi connectivity index (χ1n) is 9.47. The van der Waals surface area contributed by atoms with Crippen LogP contribution >= 0.6 is 0 Å². The van der Waals surface area contributed by atoms with E-state index in [0.717, 1.165) is 24.0 Å². The molecule has 1 atom stereocenters. The van der Waals surface area contributed by atoms with E-state index in [2.05, 4.69) is 30.4 Å². The van der Waals surface area contributed by atoms with Crippen molar-refractivity contribution in [2.24, 2.45) is 0 Å². The summed E-state index contributed by atoms with van der Waals surface area (Å²) < 4.78 is 0. The van der Waals surface area contributed by atoms with Gasteiger partial charge in [0.1, 0.15) is 5.54 Å². The van der Waals surface area contributed by atoms with E-state index in [1.165, 1.54) is 16.0 Å². The molecular weight excluding hydrogens is 338 g/mol. The smallest absolute Gasteiger partial charge is 0.319 e. The van der Waals surface area contributed by atoms with Crippen LogP contribution < -0.4 is 5.32 Å². The average Bonchev–Trinajstić information content (AvgIpc) is 2.89. The molecule has 2 aliphatic rings. The van der Waals surface area contributed by atoms with Gasteiger partial charge in [0.2, 0.25) is 0 Å². The molecule has 1 N–H and O–H groups in total. The predicted octanol–water partition coefficient (Wildman–Crippen LogP) is 3.17. The van der Waals surface area contributed by atoms with Gasteiger partial charge in [-0.25, -0.2) is 9.69 Å². The van der Waals surface area contributed by atoms with Crippen LogP contribution in [0.3, 0.4) is 0 Å². The Labute approximate surface area is 160 Å². The fourth-order valence-electron chi connectivity index (χ4n) is 4.31. The highest BCUT2D eigenvalue weighted by atomic mass is 16.2. The van der Waals surface area contributed by atoms with E-state index in [1.807, 2.05) is 42.3 Å². The number of carbonyl (C=O) groups is 2. The molecule has 2 aromatic carbocycles. The normalized spacial score (nSPS) is 21.7. The van der Waals surface area contributed by atoms with Crippen LogP contribution in [0, 0.1) is 6.92 Å². The first kappa shape index (κ1) is 17.7. The molecule has 4 rings (SSSR count). The van der Waals surface area contributed by atoms with Crippen LogP contribution in [-0.2, 0) is 23.3 Å². The number of rotatable bonds is 4. The lowest BCUT2D eigenvalue weighted by Gasteiger charge is -2.33. The van der Waals surface area contributed by atoms with Crippen molar-refractivity contribution in [3.8, 4) is 0 Å². The summed E-state index contributed by atoms with van der Waals surface area (Å²) in [7, 11) is 1.94. The Morgan fingerprint density at radius 1 is 1.11 bits per heavy atom. The van der Waals surface area contributed by atoms with Crippen molar-refractivity contribution in [2.45, 2.75) is 38.3 Å². The summed E-state index contributed by atoms with van der Waals surface area (Å²) in [4.78, 5) is 29.4. The molecule has 1 fully saturated rings. The van der Waals surface area contributed by atoms with E-state index in [4.69, 9.17) is 0 Å². The Kier molecular flexibility index (Phi) is 4.48. The van der Waals surface area contributed by atoms with Crippen molar-refractivity contribution in [3.63, 3.8) is 0 Å². The van der Waals surface area contributed by atoms with Crippen molar-refractivity contribution in [3.05, 3.63) is 70.8 Å². The van der Waals surface area contributed by atoms with Gasteiger partial charge in [-0.3, -0.25) is 9.69 Å². The monoisotopic (exact) mass is 363 g/mol. The zero-order valence-electron chi connectivity index (χ0n) is 15.9. The van der Waals surface area contributed by atoms with Crippen LogP contribution in [0.5, 0.6) is 0 Å². The summed E-state index contributed by atoms with van der Waals surface area (Å²) >= 11 is 0. The van der Waals surface area contributed by atoms with Gasteiger partial charge in [-0.05, 0) is 55.5 Å². The second kappa shape index (κ2) is 6.82. The molecule has 2 aromatic rings. The number of aryl methyl sites for hydroxylation is 2. The van der Waals surface area contributed by atoms with E-state index in [0.29, 0.717) is 13.0 Å². The van der Waals surface area contributed by atoms with Crippen molar-refractivity contribution in [1.82, 2.24) is 15.1 Å². The molecule has 3 amide bonds. The fourth-order valence-corrected chi connectivity index (χ4v) is 4.31. The summed E-state index contributed by atoms with van der Waals surface area (Å²) in [6.45, 7) is 3.04. The standard InChI is InChI=1S/C22H25N3O2/c1-16-8-3-4-10-18(16)14-24(2)15-25-20(26)22(23-21(25)27)13-7-11-17-9-5-6-12-19(17)22/h3-6,8-10,12H,7,11,13-15H2,1-2H3,(H,23,27). The Hall–Kier alpha value is -2.66. The van der Waals surface area contributed by atoms with Crippen LogP contribution in [0.4, 0.5) is 4.79 Å². The highest BCUT2D eigenvalue weighted by molar-refractivity contribution is 6.07. The largest absolute Gasteiger partial charge is 0.326 e. The number of hydrogen-bond donors (Lipinski definition) is 1. The van der Waals surface area contributed by atoms with Gasteiger partial charge in [0, 0.05) is 6.54 Å². The molecule has 1 saturated heterocycles. The summed E-state index contributed by atoms with van der Waals surface area (Å²) in [6, 6.07) is 15.9. The molecule has 1 heterocycles. The maximum atomic E-state index is 13.3. The van der Waals surface area contributed by atoms with Gasteiger partial charge < -0.3 is 5.32 Å². The Balaban J connectivity index is 1.55. The molecule has 0 aromatic heterocycles. The maximum absolute atomic E-state index is 13.3. The van der Waals surface area contributed by atoms with Gasteiger partial charge in [-0.15, -0.1) is 0 Å². The van der Waals surface area contributed by atoms with E-state index < -0.39 is 5.54 Å². The highest BCUT2D eigenvalue weighted by Gasteiger charge is 2.53. The van der Waals surface area contributed by atoms with Crippen LogP contribution in [0.15, 0.2) is 48.5 Å². The molecule has 27 heavy (non-hydrogen) atoms. The van der Waals surface area contributed by atoms with Crippen LogP contribution in [-0.4, -0.2) is 35.5 Å². The second-order valence-electron chi connectivity index (χ2n) is 7.66. The predicted molar refractivity (Wildman–Crippen MR) is 104 cm³/mol. The molecule has 1 aliphatic heterocycles. The molecule has 0 saturated carbocycles. The minimum Gasteiger partial charge on any atom is -0.319 e. The lowest BCUT2D eigenvalue weighted by Crippen LogP contribution is -2.47. The number of urea groups is 1. The van der Waals surface area contributed by atoms with Gasteiger partial charge in [0.15, 0.2) is 0 Å². The van der Waals surface area contributed by atoms with Crippen LogP contribution in [0.25, 0.3) is 0 Å². The van der Waals surface area contributed by atoms with Gasteiger partial charge in [-0.1, -0.05) is 48.5 Å². The zero-order valence-corrected chi connectivity index (χ0v) is 15.9. The highest BCUT2D eigenvalue weighted by Crippen LogP contribution is 2.39. The first-order valence-corrected chi connectivity index (χ1v) is 9.47. The molecule has 5 nitrogen and oxygen atoms in total. The SMILES string of the molecule is Cc1ccccc1CN(C)CN1C(=O)NC2(CCCc3ccccc32)C1=O. The quantitative estimate of drug-likeness (QED) is 0.849. The third-order valence-electron chi connectivity index (χ3n) is 5.74. The van der Waals surface area contributed by atoms with Gasteiger partial charge in [-0.2, -0.15) is 0 Å². The van der Waals surface area contributed by atoms with Gasteiger partial charge >= 0.3 is 6.03 Å². The van der Waals surface area contributed by atoms with E-state index in [-0.39, 0.29) is 18.6 Å². The number of nitrogens with one attached hydrogen (secondary N) is 1. The Morgan fingerprint density at radius 2 is 1.85 bits per heavy atom. The summed E-state index contributed by atoms with van der Waals surface area (Å²) in [6.07, 6.45) is 2.51. The minimum absolute atomic E-state index is 0.128. The van der Waals surface area contributed by atoms with Crippen molar-refractivity contribution in [2.75, 3.05) is 13.7 Å². The second-order valence-corrected chi connectivity index (χ2v) is 7.66. The first-order chi connectivity index (χ1) is 13.0. The Bertz CT molecular complexity index is 895. The van der Waals surface area contributed by atoms with Crippen molar-refractivity contribution >= 4 is 11.9 Å². The minimum atomic E-state index is -0.893. The molecule has 5 heteroatoms. The number of benzene rings is 2. The van der Waals surface area contributed by atoms with Crippen molar-refractivity contribution in [1.29, 1.82) is 0 Å². The molecule has 1 spiro atoms. The van der Waals surface area contributed by atoms with Gasteiger partial charge in [0.05, 0.1) is 6.67 Å². The number of amides is 3. The summed E-state index contributed by atoms with van der Waals surface area (Å²) in [5.41, 5.74) is 3.63. The molecule has 0 radical (unpaired) electrons. The third-order valence-corrected chi connectivity index (χ3v) is 5.74. The molecule has 1 aliphatic carbocycles. The van der Waals surface area contributed by atoms with Gasteiger partial charge in [0.25, 0.3) is 5.91 Å². The number of fused-ring (bicyclic) bond motifs is 2. The van der Waals surface area contributed by atoms with Crippen molar-refractivity contribution < 1.29 is 9.59 Å². The lowest BCUT2D eigenvalue weighted by atomic mass is 9.76. The number of imide groups is 1. The molecule has 1 unspecified atom stereocenters. The number of hydrogen-bond acceptors (Lipinski definition) is 3. The number of carbonyl (C=O) groups excluding carboxylic acids is 2. The third kappa shape index (κ3) is 3.02. The van der Waals surface area contributed by atoms with E-state index in [1.54, 1.807) is 0 Å². The lowest BCUT2D eigenvalue weighted by molar-refractivity contribution is -0.133. The summed E-state index contributed by atoms with van der Waals surface area (Å²) in [5, 5.41) is 3.02. The zero-order chi connectivity index (χ0) is 19.0. The molecule has 140 valence electrons. The summed E-state index contributed by atoms with van der Waals surface area (Å²) in [5.74, 6) is -0.128. The molecular formula is C22H25N3O2. The van der Waals surface area contributed by atoms with E-state index in [9.17, 15) is 9.59 Å². The number of nitrogens with zero attached hydrogens (tertiary/aromatic N) is 2. The Morgan fingerprint density at radius 3 is 2.67 bits per heavy atom. The topological polar surface area (TPSA) is 52.6 Å². The van der Waals surface area contributed by atoms with E-state index >= 15 is 0 Å². The van der Waals surface area contributed by atoms with Crippen LogP contribution in [0.2, 0.25) is 0 Å². The fraction of sp³-hybridized carbons (Fsp3) is 0.364. The average molecular weight is 363 g/mol. The van der Waals surface area contributed by atoms with Crippen LogP contribution in [0.1, 0.15) is 35.1 Å². The maximum Gasteiger partial charge on any atom is 0.326 e. The molecule has 0 bridgehead atoms.